The number of aromatic hydroxyl groups is 1. The second-order valence-electron chi connectivity index (χ2n) is 8.78. The maximum Gasteiger partial charge on any atom is 0.573 e. The normalized spacial score (nSPS) is 18.7. The molecule has 0 radical (unpaired) electrons. The lowest BCUT2D eigenvalue weighted by Gasteiger charge is -2.10. The van der Waals surface area contributed by atoms with Crippen LogP contribution in [0, 0.1) is 11.8 Å². The van der Waals surface area contributed by atoms with E-state index >= 15 is 0 Å². The topological polar surface area (TPSA) is 80.6 Å². The molecular weight excluding hydrogens is 561 g/mol. The van der Waals surface area contributed by atoms with Crippen LogP contribution in [0.25, 0.3) is 21.7 Å². The molecule has 1 fully saturated rings. The molecule has 0 spiro atoms. The number of thiazole rings is 1. The Morgan fingerprint density at radius 1 is 1.24 bits per heavy atom. The highest BCUT2D eigenvalue weighted by Crippen LogP contribution is 2.42. The highest BCUT2D eigenvalue weighted by Gasteiger charge is 2.34. The molecule has 13 heteroatoms. The second kappa shape index (κ2) is 9.37. The molecule has 0 amide bonds. The summed E-state index contributed by atoms with van der Waals surface area (Å²) in [7, 11) is 0. The lowest BCUT2D eigenvalue weighted by molar-refractivity contribution is -0.669. The maximum atomic E-state index is 13.6. The first-order valence-corrected chi connectivity index (χ1v) is 13.4. The molecule has 3 aromatic heterocycles. The number of benzene rings is 1. The van der Waals surface area contributed by atoms with Crippen LogP contribution in [0.15, 0.2) is 65.6 Å². The first kappa shape index (κ1) is 24.8. The predicted octanol–water partition coefficient (Wildman–Crippen LogP) is 5.62. The van der Waals surface area contributed by atoms with Crippen molar-refractivity contribution < 1.29 is 27.6 Å². The summed E-state index contributed by atoms with van der Waals surface area (Å²) in [6.45, 7) is 0.103. The maximum absolute atomic E-state index is 13.6. The Labute approximate surface area is 226 Å². The van der Waals surface area contributed by atoms with Gasteiger partial charge in [-0.05, 0) is 46.2 Å². The van der Waals surface area contributed by atoms with Gasteiger partial charge in [-0.25, -0.2) is 9.78 Å². The molecule has 2 aliphatic carbocycles. The summed E-state index contributed by atoms with van der Waals surface area (Å²) in [6, 6.07) is 4.90. The van der Waals surface area contributed by atoms with Crippen molar-refractivity contribution in [1.82, 2.24) is 14.6 Å². The average Bonchev–Trinajstić information content (AvgIpc) is 3.20. The van der Waals surface area contributed by atoms with Crippen LogP contribution in [0.1, 0.15) is 16.3 Å². The Morgan fingerprint density at radius 2 is 2.05 bits per heavy atom. The fourth-order valence-corrected chi connectivity index (χ4v) is 6.28. The van der Waals surface area contributed by atoms with Gasteiger partial charge < -0.3 is 9.84 Å². The molecule has 0 bridgehead atoms. The van der Waals surface area contributed by atoms with Gasteiger partial charge >= 0.3 is 16.9 Å². The molecule has 4 aromatic rings. The third-order valence-electron chi connectivity index (χ3n) is 6.17. The number of fused-ring (bicyclic) bond motifs is 2. The molecule has 2 unspecified atom stereocenters. The zero-order chi connectivity index (χ0) is 26.6. The molecule has 2 atom stereocenters. The molecular formula is C25H17ClF3N4O3S2+. The quantitative estimate of drug-likeness (QED) is 0.312. The summed E-state index contributed by atoms with van der Waals surface area (Å²) in [4.78, 5) is 18.7. The van der Waals surface area contributed by atoms with Crippen molar-refractivity contribution in [2.24, 2.45) is 11.8 Å². The van der Waals surface area contributed by atoms with E-state index < -0.39 is 23.6 Å². The number of hydrogen-bond donors (Lipinski definition) is 1. The fraction of sp³-hybridized carbons (Fsp3) is 0.200. The summed E-state index contributed by atoms with van der Waals surface area (Å²) in [6.07, 6.45) is 7.86. The van der Waals surface area contributed by atoms with Crippen LogP contribution < -0.4 is 14.9 Å². The molecule has 6 rings (SSSR count). The number of hydrogen-bond acceptors (Lipinski definition) is 7. The Bertz CT molecular complexity index is 1720. The molecule has 0 saturated heterocycles. The van der Waals surface area contributed by atoms with Crippen molar-refractivity contribution in [3.8, 4) is 22.8 Å². The van der Waals surface area contributed by atoms with Crippen molar-refractivity contribution in [2.45, 2.75) is 19.3 Å². The Hall–Kier alpha value is -3.48. The third-order valence-corrected chi connectivity index (χ3v) is 8.35. The van der Waals surface area contributed by atoms with Gasteiger partial charge in [0.1, 0.15) is 12.3 Å². The van der Waals surface area contributed by atoms with Gasteiger partial charge in [-0.15, -0.1) is 24.5 Å². The van der Waals surface area contributed by atoms with Gasteiger partial charge in [0, 0.05) is 17.3 Å². The molecule has 38 heavy (non-hydrogen) atoms. The number of ether oxygens (including phenoxy) is 1. The number of rotatable bonds is 5. The molecule has 7 nitrogen and oxygen atoms in total. The number of nitrogens with zero attached hydrogens (tertiary/aromatic N) is 4. The van der Waals surface area contributed by atoms with Gasteiger partial charge in [0.15, 0.2) is 15.0 Å². The number of alkyl halides is 3. The molecule has 2 aliphatic rings. The van der Waals surface area contributed by atoms with E-state index in [1.165, 1.54) is 39.4 Å². The zero-order valence-corrected chi connectivity index (χ0v) is 21.6. The summed E-state index contributed by atoms with van der Waals surface area (Å²) < 4.78 is 45.5. The van der Waals surface area contributed by atoms with E-state index in [2.05, 4.69) is 27.0 Å². The van der Waals surface area contributed by atoms with Crippen molar-refractivity contribution in [1.29, 1.82) is 0 Å². The van der Waals surface area contributed by atoms with E-state index in [1.807, 2.05) is 18.2 Å². The SMILES string of the molecule is O=c1c(-c2cccc(OC(F)(F)F)c2)c(O)[n+](Cc2cnc(Cl)s2)c2sc(C3=CC=CC4CC4C=C3)nn12. The average molecular weight is 578 g/mol. The Balaban J connectivity index is 1.53. The minimum Gasteiger partial charge on any atom is -0.477 e. The van der Waals surface area contributed by atoms with Gasteiger partial charge in [-0.2, -0.15) is 4.57 Å². The minimum absolute atomic E-state index is 0.0436. The smallest absolute Gasteiger partial charge is 0.477 e. The molecule has 1 aromatic carbocycles. The van der Waals surface area contributed by atoms with Crippen molar-refractivity contribution >= 4 is 44.8 Å². The van der Waals surface area contributed by atoms with E-state index in [0.717, 1.165) is 28.6 Å². The van der Waals surface area contributed by atoms with Crippen LogP contribution in [-0.2, 0) is 6.54 Å². The lowest BCUT2D eigenvalue weighted by Crippen LogP contribution is -2.40. The van der Waals surface area contributed by atoms with E-state index in [1.54, 1.807) is 6.20 Å². The fourth-order valence-electron chi connectivity index (χ4n) is 4.29. The molecule has 0 aliphatic heterocycles. The van der Waals surface area contributed by atoms with E-state index in [9.17, 15) is 23.1 Å². The lowest BCUT2D eigenvalue weighted by atomic mass is 10.1. The highest BCUT2D eigenvalue weighted by molar-refractivity contribution is 7.17. The molecule has 1 N–H and O–H groups in total. The number of allylic oxidation sites excluding steroid dienone is 6. The monoisotopic (exact) mass is 577 g/mol. The summed E-state index contributed by atoms with van der Waals surface area (Å²) in [5, 5.41) is 16.4. The van der Waals surface area contributed by atoms with Gasteiger partial charge in [-0.3, -0.25) is 0 Å². The Kier molecular flexibility index (Phi) is 6.12. The molecule has 194 valence electrons. The van der Waals surface area contributed by atoms with E-state index in [-0.39, 0.29) is 17.7 Å². The zero-order valence-electron chi connectivity index (χ0n) is 19.2. The minimum atomic E-state index is -4.91. The summed E-state index contributed by atoms with van der Waals surface area (Å²) in [5.74, 6) is 0.0809. The van der Waals surface area contributed by atoms with Gasteiger partial charge in [0.2, 0.25) is 0 Å². The van der Waals surface area contributed by atoms with Crippen molar-refractivity contribution in [3.63, 3.8) is 0 Å². The first-order chi connectivity index (χ1) is 18.2. The van der Waals surface area contributed by atoms with Gasteiger partial charge in [0.25, 0.3) is 5.88 Å². The molecule has 3 heterocycles. The van der Waals surface area contributed by atoms with Crippen LogP contribution in [0.5, 0.6) is 11.6 Å². The predicted molar refractivity (Wildman–Crippen MR) is 137 cm³/mol. The first-order valence-electron chi connectivity index (χ1n) is 11.4. The highest BCUT2D eigenvalue weighted by atomic mass is 35.5. The summed E-state index contributed by atoms with van der Waals surface area (Å²) >= 11 is 8.41. The standard InChI is InChI=1S/C25H16ClF3N4O3S2/c26-23-30-11-18(37-23)12-32-21(34)19(16-5-2-6-17(10-16)36-25(27,28)29)22(35)33-24(32)38-20(31-33)13-3-1-4-14-9-15(14)8-7-13/h1-8,10-11,14-15H,9,12H2/p+1. The van der Waals surface area contributed by atoms with Crippen LogP contribution in [0.4, 0.5) is 13.2 Å². The van der Waals surface area contributed by atoms with E-state index in [0.29, 0.717) is 31.1 Å². The summed E-state index contributed by atoms with van der Waals surface area (Å²) in [5.41, 5.74) is -0.0581. The van der Waals surface area contributed by atoms with Crippen molar-refractivity contribution in [2.75, 3.05) is 0 Å². The number of halogens is 4. The molecule has 1 saturated carbocycles. The van der Waals surface area contributed by atoms with Crippen LogP contribution in [0.2, 0.25) is 4.47 Å². The van der Waals surface area contributed by atoms with Gasteiger partial charge in [0.05, 0.1) is 4.88 Å². The van der Waals surface area contributed by atoms with Crippen LogP contribution in [-0.4, -0.2) is 26.1 Å². The van der Waals surface area contributed by atoms with Crippen molar-refractivity contribution in [3.05, 3.63) is 85.5 Å². The van der Waals surface area contributed by atoms with E-state index in [4.69, 9.17) is 11.6 Å². The van der Waals surface area contributed by atoms with Crippen LogP contribution in [0.3, 0.4) is 0 Å². The Morgan fingerprint density at radius 3 is 2.82 bits per heavy atom. The van der Waals surface area contributed by atoms with Gasteiger partial charge in [-0.1, -0.05) is 59.2 Å². The third kappa shape index (κ3) is 4.86. The second-order valence-corrected chi connectivity index (χ2v) is 11.4. The number of aromatic nitrogens is 4. The van der Waals surface area contributed by atoms with Crippen LogP contribution >= 0.6 is 34.3 Å². The largest absolute Gasteiger partial charge is 0.573 e.